The number of nitrogens with zero attached hydrogens (tertiary/aromatic N) is 2. The highest BCUT2D eigenvalue weighted by Gasteiger charge is 2.37. The summed E-state index contributed by atoms with van der Waals surface area (Å²) in [7, 11) is 32.2. The zero-order valence-electron chi connectivity index (χ0n) is 29.8. The van der Waals surface area contributed by atoms with Crippen LogP contribution in [0.2, 0.25) is 5.11 Å². The van der Waals surface area contributed by atoms with Crippen molar-refractivity contribution in [2.75, 3.05) is 0 Å². The lowest BCUT2D eigenvalue weighted by atomic mass is 9.23. The zero-order chi connectivity index (χ0) is 37.5. The van der Waals surface area contributed by atoms with Gasteiger partial charge in [0.25, 0.3) is 0 Å². The minimum atomic E-state index is -1.98. The first kappa shape index (κ1) is 33.8. The van der Waals surface area contributed by atoms with E-state index in [1.165, 1.54) is 25.7 Å². The van der Waals surface area contributed by atoms with Crippen LogP contribution in [0.15, 0.2) is 164 Å². The summed E-state index contributed by atoms with van der Waals surface area (Å²) in [5.41, 5.74) is 8.93. The number of aromatic nitrogens is 2. The normalized spacial score (nSPS) is 12.4. The molecule has 0 unspecified atom stereocenters. The van der Waals surface area contributed by atoms with Crippen molar-refractivity contribution in [1.29, 1.82) is 0 Å². The summed E-state index contributed by atoms with van der Waals surface area (Å²) in [6.07, 6.45) is 0. The fourth-order valence-electron chi connectivity index (χ4n) is 8.09. The molecule has 0 saturated carbocycles. The fourth-order valence-corrected chi connectivity index (χ4v) is 9.18. The van der Waals surface area contributed by atoms with Gasteiger partial charge in [0, 0.05) is 25.7 Å². The van der Waals surface area contributed by atoms with Gasteiger partial charge >= 0.3 is 0 Å². The number of rotatable bonds is 6. The Kier molecular flexibility index (Phi) is 7.80. The van der Waals surface area contributed by atoms with E-state index in [4.69, 9.17) is 44.2 Å². The van der Waals surface area contributed by atoms with Crippen molar-refractivity contribution in [2.45, 2.75) is 10.3 Å². The molecule has 8 aromatic carbocycles. The maximum atomic E-state index is 6.73. The molecule has 0 aliphatic carbocycles. The Morgan fingerprint density at radius 1 is 0.455 bits per heavy atom. The molecule has 0 aliphatic rings. The van der Waals surface area contributed by atoms with Crippen molar-refractivity contribution in [3.63, 3.8) is 0 Å². The number of fused-ring (bicyclic) bond motifs is 6. The van der Waals surface area contributed by atoms with Gasteiger partial charge in [0.15, 0.2) is 0 Å². The fraction of sp³-hybridized carbons (Fsp3) is 0.0426. The standard InChI is InChI=1S/C47H27B5N2S/c48-46(49,47(50,51)52)45-53-38-18-8-10-20-40(38)54(45)39-19-9-6-17-35(39)44-33-16-5-4-15-32(33)43(37-26-29(22-24-34(37)44)28-12-2-1-3-13-28)30-23-25-42-36(27-30)31-14-7-11-21-41(31)55-42/h1-27H. The van der Waals surface area contributed by atoms with Crippen LogP contribution in [0, 0.1) is 0 Å². The Balaban J connectivity index is 1.33. The van der Waals surface area contributed by atoms with E-state index in [1.807, 2.05) is 52.3 Å². The van der Waals surface area contributed by atoms with Crippen LogP contribution >= 0.6 is 11.3 Å². The Labute approximate surface area is 330 Å². The van der Waals surface area contributed by atoms with Crippen LogP contribution in [0.1, 0.15) is 5.82 Å². The molecule has 10 radical (unpaired) electrons. The van der Waals surface area contributed by atoms with Crippen LogP contribution in [-0.4, -0.2) is 48.8 Å². The maximum Gasteiger partial charge on any atom is 0.101 e. The van der Waals surface area contributed by atoms with Gasteiger partial charge in [-0.1, -0.05) is 127 Å². The summed E-state index contributed by atoms with van der Waals surface area (Å²) in [5.74, 6) is 0.251. The van der Waals surface area contributed by atoms with E-state index in [0.29, 0.717) is 5.52 Å². The molecule has 8 heteroatoms. The van der Waals surface area contributed by atoms with E-state index >= 15 is 0 Å². The quantitative estimate of drug-likeness (QED) is 0.124. The lowest BCUT2D eigenvalue weighted by Gasteiger charge is -2.41. The van der Waals surface area contributed by atoms with Crippen LogP contribution in [-0.2, 0) is 5.21 Å². The summed E-state index contributed by atoms with van der Waals surface area (Å²) < 4.78 is 4.50. The SMILES string of the molecule is [B]C([B])([B])C([B])([B])c1nc2ccccc2n1-c1ccccc1-c1c2ccccc2c(-c2ccc3sc4ccccc4c3c2)c2cc(-c3ccccc3)ccc12. The molecule has 2 heterocycles. The maximum absolute atomic E-state index is 6.73. The summed E-state index contributed by atoms with van der Waals surface area (Å²) >= 11 is 1.83. The monoisotopic (exact) mass is 706 g/mol. The first-order valence-electron chi connectivity index (χ1n) is 18.2. The molecule has 0 amide bonds. The Morgan fingerprint density at radius 3 is 1.85 bits per heavy atom. The molecule has 0 bridgehead atoms. The van der Waals surface area contributed by atoms with Gasteiger partial charge in [-0.05, 0) is 91.8 Å². The second-order valence-electron chi connectivity index (χ2n) is 14.3. The van der Waals surface area contributed by atoms with Gasteiger partial charge in [-0.3, -0.25) is 4.57 Å². The lowest BCUT2D eigenvalue weighted by molar-refractivity contribution is 0.757. The van der Waals surface area contributed by atoms with Crippen LogP contribution in [0.3, 0.4) is 0 Å². The molecule has 0 fully saturated rings. The molecule has 0 spiro atoms. The lowest BCUT2D eigenvalue weighted by Crippen LogP contribution is -2.45. The highest BCUT2D eigenvalue weighted by molar-refractivity contribution is 7.25. The van der Waals surface area contributed by atoms with Crippen LogP contribution < -0.4 is 0 Å². The smallest absolute Gasteiger partial charge is 0.101 e. The molecule has 0 N–H and O–H groups in total. The van der Waals surface area contributed by atoms with E-state index in [-0.39, 0.29) is 5.82 Å². The molecular weight excluding hydrogens is 679 g/mol. The van der Waals surface area contributed by atoms with Gasteiger partial charge in [-0.15, -0.1) is 16.4 Å². The van der Waals surface area contributed by atoms with Crippen molar-refractivity contribution >= 4 is 103 Å². The van der Waals surface area contributed by atoms with E-state index in [2.05, 4.69) is 127 Å². The number of hydrogen-bond acceptors (Lipinski definition) is 2. The Morgan fingerprint density at radius 2 is 1.05 bits per heavy atom. The summed E-state index contributed by atoms with van der Waals surface area (Å²) in [4.78, 5) is 4.90. The van der Waals surface area contributed by atoms with Gasteiger partial charge < -0.3 is 0 Å². The second-order valence-corrected chi connectivity index (χ2v) is 15.4. The zero-order valence-corrected chi connectivity index (χ0v) is 30.6. The molecule has 0 atom stereocenters. The minimum Gasteiger partial charge on any atom is -0.296 e. The second kappa shape index (κ2) is 12.7. The van der Waals surface area contributed by atoms with Crippen molar-refractivity contribution in [1.82, 2.24) is 9.55 Å². The molecule has 246 valence electrons. The van der Waals surface area contributed by atoms with Gasteiger partial charge in [-0.2, -0.15) is 0 Å². The number of benzene rings is 8. The number of imidazole rings is 1. The topological polar surface area (TPSA) is 17.8 Å². The molecule has 2 aromatic heterocycles. The van der Waals surface area contributed by atoms with Crippen molar-refractivity contribution in [2.24, 2.45) is 0 Å². The highest BCUT2D eigenvalue weighted by Crippen LogP contribution is 2.48. The van der Waals surface area contributed by atoms with E-state index in [1.54, 1.807) is 0 Å². The van der Waals surface area contributed by atoms with Crippen LogP contribution in [0.5, 0.6) is 0 Å². The minimum absolute atomic E-state index is 0.251. The third-order valence-corrected chi connectivity index (χ3v) is 12.0. The predicted molar refractivity (Wildman–Crippen MR) is 238 cm³/mol. The predicted octanol–water partition coefficient (Wildman–Crippen LogP) is 10.8. The van der Waals surface area contributed by atoms with Gasteiger partial charge in [0.2, 0.25) is 0 Å². The highest BCUT2D eigenvalue weighted by atomic mass is 32.1. The van der Waals surface area contributed by atoms with E-state index in [9.17, 15) is 0 Å². The Hall–Kier alpha value is -5.71. The number of para-hydroxylation sites is 3. The number of thiophene rings is 1. The first-order chi connectivity index (χ1) is 26.7. The van der Waals surface area contributed by atoms with Crippen molar-refractivity contribution in [3.05, 3.63) is 170 Å². The average molecular weight is 706 g/mol. The molecule has 55 heavy (non-hydrogen) atoms. The summed E-state index contributed by atoms with van der Waals surface area (Å²) in [6.45, 7) is 0. The first-order valence-corrected chi connectivity index (χ1v) is 19.0. The van der Waals surface area contributed by atoms with E-state index < -0.39 is 10.3 Å². The van der Waals surface area contributed by atoms with Crippen LogP contribution in [0.4, 0.5) is 0 Å². The van der Waals surface area contributed by atoms with Crippen molar-refractivity contribution in [3.8, 4) is 39.1 Å². The molecular formula is C47H27B5N2S. The molecule has 2 nitrogen and oxygen atoms in total. The van der Waals surface area contributed by atoms with Gasteiger partial charge in [-0.25, -0.2) is 4.98 Å². The third-order valence-electron chi connectivity index (χ3n) is 10.9. The molecule has 0 aliphatic heterocycles. The average Bonchev–Trinajstić information content (AvgIpc) is 3.79. The molecule has 0 saturated heterocycles. The van der Waals surface area contributed by atoms with Crippen molar-refractivity contribution < 1.29 is 0 Å². The van der Waals surface area contributed by atoms with Gasteiger partial charge in [0.05, 0.1) is 56.0 Å². The largest absolute Gasteiger partial charge is 0.296 e. The third kappa shape index (κ3) is 5.33. The molecule has 10 aromatic rings. The molecule has 10 rings (SSSR count). The summed E-state index contributed by atoms with van der Waals surface area (Å²) in [6, 6.07) is 57.6. The summed E-state index contributed by atoms with van der Waals surface area (Å²) in [5, 5.41) is 3.11. The Bertz CT molecular complexity index is 3120. The van der Waals surface area contributed by atoms with E-state index in [0.717, 1.165) is 60.6 Å². The number of hydrogen-bond donors (Lipinski definition) is 0. The van der Waals surface area contributed by atoms with Crippen LogP contribution in [0.25, 0.3) is 91.8 Å². The van der Waals surface area contributed by atoms with Gasteiger partial charge in [0.1, 0.15) is 5.82 Å².